The first-order chi connectivity index (χ1) is 12.0. The quantitative estimate of drug-likeness (QED) is 0.779. The molecule has 0 saturated heterocycles. The Morgan fingerprint density at radius 1 is 1.08 bits per heavy atom. The van der Waals surface area contributed by atoms with E-state index in [9.17, 15) is 9.18 Å². The fraction of sp³-hybridized carbons (Fsp3) is 0.158. The number of benzene rings is 2. The first-order valence-electron chi connectivity index (χ1n) is 7.62. The fourth-order valence-electron chi connectivity index (χ4n) is 2.81. The van der Waals surface area contributed by atoms with E-state index in [4.69, 9.17) is 9.47 Å². The Hall–Kier alpha value is -3.15. The molecule has 128 valence electrons. The van der Waals surface area contributed by atoms with Crippen molar-refractivity contribution in [3.8, 4) is 22.6 Å². The van der Waals surface area contributed by atoms with Crippen LogP contribution in [0.2, 0.25) is 0 Å². The summed E-state index contributed by atoms with van der Waals surface area (Å²) >= 11 is 0. The standard InChI is InChI=1S/C19H17FN2O3/c1-11(23)22-16-6-5-14-13(8-9-21-18(14)19(16)25-3)15-10-12(20)4-7-17(15)24-2/h4-10H,1-3H3,(H,22,23). The molecule has 3 aromatic rings. The molecule has 3 rings (SSSR count). The molecule has 0 saturated carbocycles. The largest absolute Gasteiger partial charge is 0.496 e. The number of carbonyl (C=O) groups is 1. The van der Waals surface area contributed by atoms with Gasteiger partial charge in [0.05, 0.1) is 19.9 Å². The van der Waals surface area contributed by atoms with E-state index in [0.717, 1.165) is 10.9 Å². The Labute approximate surface area is 144 Å². The van der Waals surface area contributed by atoms with Gasteiger partial charge in [0.15, 0.2) is 5.75 Å². The minimum atomic E-state index is -0.359. The second kappa shape index (κ2) is 6.76. The van der Waals surface area contributed by atoms with Crippen LogP contribution in [0, 0.1) is 5.82 Å². The van der Waals surface area contributed by atoms with Crippen molar-refractivity contribution in [3.63, 3.8) is 0 Å². The van der Waals surface area contributed by atoms with Crippen molar-refractivity contribution in [2.45, 2.75) is 6.92 Å². The van der Waals surface area contributed by atoms with Gasteiger partial charge in [-0.3, -0.25) is 9.78 Å². The number of rotatable bonds is 4. The average molecular weight is 340 g/mol. The number of ether oxygens (including phenoxy) is 2. The van der Waals surface area contributed by atoms with Crippen LogP contribution in [0.3, 0.4) is 0 Å². The zero-order chi connectivity index (χ0) is 18.0. The lowest BCUT2D eigenvalue weighted by atomic mass is 9.99. The van der Waals surface area contributed by atoms with Gasteiger partial charge < -0.3 is 14.8 Å². The van der Waals surface area contributed by atoms with Crippen molar-refractivity contribution in [1.82, 2.24) is 4.98 Å². The Kier molecular flexibility index (Phi) is 4.52. The normalized spacial score (nSPS) is 10.6. The first-order valence-corrected chi connectivity index (χ1v) is 7.62. The summed E-state index contributed by atoms with van der Waals surface area (Å²) in [6.07, 6.45) is 1.61. The minimum Gasteiger partial charge on any atom is -0.496 e. The molecule has 0 fully saturated rings. The molecular formula is C19H17FN2O3. The van der Waals surface area contributed by atoms with Gasteiger partial charge in [-0.15, -0.1) is 0 Å². The molecular weight excluding hydrogens is 323 g/mol. The molecule has 1 N–H and O–H groups in total. The molecule has 6 heteroatoms. The second-order valence-corrected chi connectivity index (χ2v) is 5.43. The maximum atomic E-state index is 13.8. The third-order valence-electron chi connectivity index (χ3n) is 3.83. The number of anilines is 1. The summed E-state index contributed by atoms with van der Waals surface area (Å²) in [5.74, 6) is 0.437. The SMILES string of the molecule is COc1ccc(F)cc1-c1ccnc2c(OC)c(NC(C)=O)ccc12. The summed E-state index contributed by atoms with van der Waals surface area (Å²) in [4.78, 5) is 15.8. The maximum absolute atomic E-state index is 13.8. The number of halogens is 1. The summed E-state index contributed by atoms with van der Waals surface area (Å²) in [7, 11) is 3.05. The highest BCUT2D eigenvalue weighted by atomic mass is 19.1. The van der Waals surface area contributed by atoms with Crippen LogP contribution in [0.1, 0.15) is 6.92 Å². The van der Waals surface area contributed by atoms with Crippen LogP contribution in [-0.2, 0) is 4.79 Å². The number of carbonyl (C=O) groups excluding carboxylic acids is 1. The minimum absolute atomic E-state index is 0.208. The van der Waals surface area contributed by atoms with Gasteiger partial charge in [0, 0.05) is 24.1 Å². The van der Waals surface area contributed by atoms with E-state index in [1.807, 2.05) is 6.07 Å². The molecule has 0 bridgehead atoms. The molecule has 1 amide bonds. The highest BCUT2D eigenvalue weighted by Gasteiger charge is 2.16. The summed E-state index contributed by atoms with van der Waals surface area (Å²) in [6.45, 7) is 1.42. The number of hydrogen-bond acceptors (Lipinski definition) is 4. The number of fused-ring (bicyclic) bond motifs is 1. The van der Waals surface area contributed by atoms with Gasteiger partial charge in [-0.25, -0.2) is 4.39 Å². The fourth-order valence-corrected chi connectivity index (χ4v) is 2.81. The second-order valence-electron chi connectivity index (χ2n) is 5.43. The number of hydrogen-bond donors (Lipinski definition) is 1. The number of nitrogens with zero attached hydrogens (tertiary/aromatic N) is 1. The predicted octanol–water partition coefficient (Wildman–Crippen LogP) is 4.02. The van der Waals surface area contributed by atoms with Crippen LogP contribution < -0.4 is 14.8 Å². The van der Waals surface area contributed by atoms with Crippen molar-refractivity contribution in [3.05, 3.63) is 48.4 Å². The Morgan fingerprint density at radius 2 is 1.88 bits per heavy atom. The first kappa shape index (κ1) is 16.7. The number of aromatic nitrogens is 1. The molecule has 5 nitrogen and oxygen atoms in total. The summed E-state index contributed by atoms with van der Waals surface area (Å²) < 4.78 is 24.6. The van der Waals surface area contributed by atoms with Crippen molar-refractivity contribution < 1.29 is 18.7 Å². The molecule has 0 radical (unpaired) electrons. The third-order valence-corrected chi connectivity index (χ3v) is 3.83. The zero-order valence-electron chi connectivity index (χ0n) is 14.1. The smallest absolute Gasteiger partial charge is 0.221 e. The van der Waals surface area contributed by atoms with E-state index >= 15 is 0 Å². The van der Waals surface area contributed by atoms with Crippen LogP contribution in [0.15, 0.2) is 42.6 Å². The maximum Gasteiger partial charge on any atom is 0.221 e. The van der Waals surface area contributed by atoms with E-state index in [1.165, 1.54) is 33.3 Å². The summed E-state index contributed by atoms with van der Waals surface area (Å²) in [6, 6.07) is 9.69. The third kappa shape index (κ3) is 3.10. The summed E-state index contributed by atoms with van der Waals surface area (Å²) in [5, 5.41) is 3.48. The topological polar surface area (TPSA) is 60.5 Å². The van der Waals surface area contributed by atoms with Gasteiger partial charge in [0.1, 0.15) is 17.1 Å². The lowest BCUT2D eigenvalue weighted by molar-refractivity contribution is -0.114. The molecule has 0 aliphatic rings. The van der Waals surface area contributed by atoms with Crippen LogP contribution in [-0.4, -0.2) is 25.1 Å². The highest BCUT2D eigenvalue weighted by molar-refractivity contribution is 6.03. The lowest BCUT2D eigenvalue weighted by Gasteiger charge is -2.15. The van der Waals surface area contributed by atoms with Gasteiger partial charge in [-0.05, 0) is 42.0 Å². The number of methoxy groups -OCH3 is 2. The van der Waals surface area contributed by atoms with Gasteiger partial charge in [0.2, 0.25) is 5.91 Å². The van der Waals surface area contributed by atoms with E-state index in [0.29, 0.717) is 28.3 Å². The Balaban J connectivity index is 2.29. The van der Waals surface area contributed by atoms with Gasteiger partial charge in [0.25, 0.3) is 0 Å². The van der Waals surface area contributed by atoms with Gasteiger partial charge in [-0.1, -0.05) is 0 Å². The van der Waals surface area contributed by atoms with E-state index in [2.05, 4.69) is 10.3 Å². The molecule has 25 heavy (non-hydrogen) atoms. The molecule has 0 atom stereocenters. The van der Waals surface area contributed by atoms with E-state index in [-0.39, 0.29) is 11.7 Å². The van der Waals surface area contributed by atoms with Crippen molar-refractivity contribution >= 4 is 22.5 Å². The van der Waals surface area contributed by atoms with Gasteiger partial charge >= 0.3 is 0 Å². The van der Waals surface area contributed by atoms with E-state index in [1.54, 1.807) is 24.4 Å². The molecule has 1 aromatic heterocycles. The number of nitrogens with one attached hydrogen (secondary N) is 1. The zero-order valence-corrected chi connectivity index (χ0v) is 14.1. The van der Waals surface area contributed by atoms with Crippen LogP contribution in [0.4, 0.5) is 10.1 Å². The molecule has 0 unspecified atom stereocenters. The molecule has 0 aliphatic heterocycles. The van der Waals surface area contributed by atoms with E-state index < -0.39 is 0 Å². The Bertz CT molecular complexity index is 957. The van der Waals surface area contributed by atoms with Crippen molar-refractivity contribution in [2.75, 3.05) is 19.5 Å². The summed E-state index contributed by atoms with van der Waals surface area (Å²) in [5.41, 5.74) is 2.47. The number of pyridine rings is 1. The molecule has 0 spiro atoms. The number of amides is 1. The van der Waals surface area contributed by atoms with Crippen LogP contribution in [0.5, 0.6) is 11.5 Å². The average Bonchev–Trinajstić information content (AvgIpc) is 2.60. The highest BCUT2D eigenvalue weighted by Crippen LogP contribution is 2.39. The van der Waals surface area contributed by atoms with Crippen LogP contribution in [0.25, 0.3) is 22.0 Å². The Morgan fingerprint density at radius 3 is 2.56 bits per heavy atom. The van der Waals surface area contributed by atoms with Crippen LogP contribution >= 0.6 is 0 Å². The molecule has 0 aliphatic carbocycles. The molecule has 1 heterocycles. The molecule has 2 aromatic carbocycles. The lowest BCUT2D eigenvalue weighted by Crippen LogP contribution is -2.07. The van der Waals surface area contributed by atoms with Gasteiger partial charge in [-0.2, -0.15) is 0 Å². The van der Waals surface area contributed by atoms with Crippen molar-refractivity contribution in [1.29, 1.82) is 0 Å². The predicted molar refractivity (Wildman–Crippen MR) is 94.5 cm³/mol. The van der Waals surface area contributed by atoms with Crippen molar-refractivity contribution in [2.24, 2.45) is 0 Å². The monoisotopic (exact) mass is 340 g/mol.